The van der Waals surface area contributed by atoms with Crippen LogP contribution < -0.4 is 4.90 Å². The summed E-state index contributed by atoms with van der Waals surface area (Å²) in [5.74, 6) is -0.170. The van der Waals surface area contributed by atoms with Crippen LogP contribution >= 0.6 is 11.3 Å². The number of nitrogens with zero attached hydrogens (tertiary/aromatic N) is 4. The summed E-state index contributed by atoms with van der Waals surface area (Å²) in [5.41, 5.74) is 1.95. The Kier molecular flexibility index (Phi) is 6.36. The van der Waals surface area contributed by atoms with Crippen LogP contribution in [0.5, 0.6) is 0 Å². The van der Waals surface area contributed by atoms with Gasteiger partial charge >= 0.3 is 0 Å². The first-order valence-electron chi connectivity index (χ1n) is 9.25. The molecule has 28 heavy (non-hydrogen) atoms. The van der Waals surface area contributed by atoms with Gasteiger partial charge in [-0.2, -0.15) is 4.31 Å². The number of rotatable bonds is 5. The number of aryl methyl sites for hydroxylation is 2. The summed E-state index contributed by atoms with van der Waals surface area (Å²) in [7, 11) is -2.24. The smallest absolute Gasteiger partial charge is 0.243 e. The van der Waals surface area contributed by atoms with Crippen molar-refractivity contribution in [3.8, 4) is 0 Å². The molecule has 2 heterocycles. The van der Waals surface area contributed by atoms with E-state index in [0.29, 0.717) is 19.6 Å². The van der Waals surface area contributed by atoms with Gasteiger partial charge in [-0.25, -0.2) is 13.4 Å². The number of thiazole rings is 1. The van der Waals surface area contributed by atoms with Crippen molar-refractivity contribution >= 4 is 32.4 Å². The minimum Gasteiger partial charge on any atom is -0.346 e. The molecule has 7 nitrogen and oxygen atoms in total. The Hall–Kier alpha value is -1.97. The number of carbonyl (C=O) groups excluding carboxylic acids is 1. The van der Waals surface area contributed by atoms with Gasteiger partial charge in [0.25, 0.3) is 0 Å². The molecule has 0 unspecified atom stereocenters. The van der Waals surface area contributed by atoms with Gasteiger partial charge in [0.2, 0.25) is 15.9 Å². The van der Waals surface area contributed by atoms with Crippen LogP contribution in [-0.4, -0.2) is 68.3 Å². The molecule has 0 saturated carbocycles. The van der Waals surface area contributed by atoms with E-state index in [-0.39, 0.29) is 17.3 Å². The maximum Gasteiger partial charge on any atom is 0.243 e. The number of anilines is 1. The first kappa shape index (κ1) is 20.8. The lowest BCUT2D eigenvalue weighted by atomic mass is 10.1. The molecule has 0 N–H and O–H groups in total. The van der Waals surface area contributed by atoms with Crippen molar-refractivity contribution in [2.75, 3.05) is 44.7 Å². The summed E-state index contributed by atoms with van der Waals surface area (Å²) >= 11 is 1.59. The lowest BCUT2D eigenvalue weighted by Crippen LogP contribution is -2.42. The van der Waals surface area contributed by atoms with E-state index in [2.05, 4.69) is 9.88 Å². The fraction of sp³-hybridized carbons (Fsp3) is 0.474. The number of amides is 1. The minimum absolute atomic E-state index is 0.160. The number of likely N-dealkylation sites (N-methyl/N-ethyl adjacent to an activating group) is 1. The van der Waals surface area contributed by atoms with Crippen molar-refractivity contribution < 1.29 is 13.2 Å². The van der Waals surface area contributed by atoms with Crippen LogP contribution in [-0.2, 0) is 14.8 Å². The zero-order valence-corrected chi connectivity index (χ0v) is 18.1. The van der Waals surface area contributed by atoms with E-state index in [1.165, 1.54) is 7.05 Å². The number of aromatic nitrogens is 1. The molecule has 1 aliphatic heterocycles. The average molecular weight is 423 g/mol. The van der Waals surface area contributed by atoms with Crippen molar-refractivity contribution in [2.45, 2.75) is 25.2 Å². The van der Waals surface area contributed by atoms with E-state index in [4.69, 9.17) is 0 Å². The molecule has 0 bridgehead atoms. The lowest BCUT2D eigenvalue weighted by molar-refractivity contribution is -0.131. The third-order valence-corrected chi connectivity index (χ3v) is 7.71. The molecule has 3 rings (SSSR count). The second-order valence-corrected chi connectivity index (χ2v) is 9.96. The minimum atomic E-state index is -3.70. The van der Waals surface area contributed by atoms with Crippen LogP contribution in [0.15, 0.2) is 34.7 Å². The summed E-state index contributed by atoms with van der Waals surface area (Å²) in [6.45, 7) is 6.39. The molecule has 1 amide bonds. The second kappa shape index (κ2) is 8.59. The van der Waals surface area contributed by atoms with E-state index in [9.17, 15) is 13.2 Å². The molecular weight excluding hydrogens is 396 g/mol. The second-order valence-electron chi connectivity index (χ2n) is 7.04. The first-order chi connectivity index (χ1) is 13.3. The van der Waals surface area contributed by atoms with Gasteiger partial charge in [-0.05, 0) is 43.5 Å². The largest absolute Gasteiger partial charge is 0.346 e. The standard InChI is InChI=1S/C19H26N4O3S2/c1-15-5-6-17(13-16(15)2)28(25,26)21(3)14-18(24)22-8-4-9-23(11-10-22)19-20-7-12-27-19/h5-7,12-13H,4,8-11,14H2,1-3H3. The van der Waals surface area contributed by atoms with Crippen molar-refractivity contribution in [1.82, 2.24) is 14.2 Å². The number of hydrogen-bond acceptors (Lipinski definition) is 6. The highest BCUT2D eigenvalue weighted by Gasteiger charge is 2.27. The maximum atomic E-state index is 12.8. The summed E-state index contributed by atoms with van der Waals surface area (Å²) in [5, 5.41) is 2.90. The van der Waals surface area contributed by atoms with Gasteiger partial charge in [0.05, 0.1) is 11.4 Å². The van der Waals surface area contributed by atoms with E-state index in [0.717, 1.165) is 33.5 Å². The number of benzene rings is 1. The molecule has 0 atom stereocenters. The Bertz CT molecular complexity index is 929. The Morgan fingerprint density at radius 1 is 1.18 bits per heavy atom. The van der Waals surface area contributed by atoms with Gasteiger partial charge in [0.15, 0.2) is 5.13 Å². The quantitative estimate of drug-likeness (QED) is 0.738. The van der Waals surface area contributed by atoms with Crippen molar-refractivity contribution in [3.63, 3.8) is 0 Å². The van der Waals surface area contributed by atoms with Crippen LogP contribution in [0.4, 0.5) is 5.13 Å². The van der Waals surface area contributed by atoms with E-state index < -0.39 is 10.0 Å². The van der Waals surface area contributed by atoms with Gasteiger partial charge < -0.3 is 9.80 Å². The molecule has 0 aliphatic carbocycles. The van der Waals surface area contributed by atoms with E-state index in [1.54, 1.807) is 40.6 Å². The van der Waals surface area contributed by atoms with Gasteiger partial charge in [-0.1, -0.05) is 6.07 Å². The fourth-order valence-corrected chi connectivity index (χ4v) is 5.06. The third-order valence-electron chi connectivity index (χ3n) is 5.08. The highest BCUT2D eigenvalue weighted by molar-refractivity contribution is 7.89. The Morgan fingerprint density at radius 3 is 2.64 bits per heavy atom. The summed E-state index contributed by atoms with van der Waals surface area (Å²) < 4.78 is 26.8. The molecule has 9 heteroatoms. The predicted octanol–water partition coefficient (Wildman–Crippen LogP) is 2.12. The molecule has 0 radical (unpaired) electrons. The van der Waals surface area contributed by atoms with Gasteiger partial charge in [0.1, 0.15) is 0 Å². The number of sulfonamides is 1. The Balaban J connectivity index is 1.64. The van der Waals surface area contributed by atoms with Crippen LogP contribution in [0.1, 0.15) is 17.5 Å². The maximum absolute atomic E-state index is 12.8. The fourth-order valence-electron chi connectivity index (χ4n) is 3.16. The molecule has 1 fully saturated rings. The Labute approximate surface area is 170 Å². The monoisotopic (exact) mass is 422 g/mol. The highest BCUT2D eigenvalue weighted by Crippen LogP contribution is 2.20. The van der Waals surface area contributed by atoms with Gasteiger partial charge in [-0.15, -0.1) is 11.3 Å². The van der Waals surface area contributed by atoms with Crippen molar-refractivity contribution in [2.24, 2.45) is 0 Å². The first-order valence-corrected chi connectivity index (χ1v) is 11.6. The average Bonchev–Trinajstić information content (AvgIpc) is 3.08. The number of carbonyl (C=O) groups is 1. The molecular formula is C19H26N4O3S2. The zero-order chi connectivity index (χ0) is 20.3. The molecule has 1 aliphatic rings. The van der Waals surface area contributed by atoms with Gasteiger partial charge in [0, 0.05) is 44.8 Å². The van der Waals surface area contributed by atoms with Crippen molar-refractivity contribution in [3.05, 3.63) is 40.9 Å². The summed E-state index contributed by atoms with van der Waals surface area (Å²) in [6, 6.07) is 5.04. The van der Waals surface area contributed by atoms with Crippen LogP contribution in [0.2, 0.25) is 0 Å². The molecule has 152 valence electrons. The van der Waals surface area contributed by atoms with Crippen LogP contribution in [0.25, 0.3) is 0 Å². The van der Waals surface area contributed by atoms with E-state index in [1.807, 2.05) is 19.2 Å². The van der Waals surface area contributed by atoms with Gasteiger partial charge in [-0.3, -0.25) is 4.79 Å². The predicted molar refractivity (Wildman–Crippen MR) is 111 cm³/mol. The lowest BCUT2D eigenvalue weighted by Gasteiger charge is -2.24. The molecule has 1 aromatic carbocycles. The zero-order valence-electron chi connectivity index (χ0n) is 16.5. The number of hydrogen-bond donors (Lipinski definition) is 0. The molecule has 2 aromatic rings. The molecule has 0 spiro atoms. The summed E-state index contributed by atoms with van der Waals surface area (Å²) in [6.07, 6.45) is 2.61. The SMILES string of the molecule is Cc1ccc(S(=O)(=O)N(C)CC(=O)N2CCCN(c3nccs3)CC2)cc1C. The highest BCUT2D eigenvalue weighted by atomic mass is 32.2. The molecule has 1 aromatic heterocycles. The normalized spacial score (nSPS) is 15.7. The topological polar surface area (TPSA) is 73.8 Å². The Morgan fingerprint density at radius 2 is 1.96 bits per heavy atom. The van der Waals surface area contributed by atoms with Crippen molar-refractivity contribution in [1.29, 1.82) is 0 Å². The summed E-state index contributed by atoms with van der Waals surface area (Å²) in [4.78, 5) is 21.2. The third kappa shape index (κ3) is 4.53. The molecule has 1 saturated heterocycles. The van der Waals surface area contributed by atoms with Crippen LogP contribution in [0, 0.1) is 13.8 Å². The van der Waals surface area contributed by atoms with Crippen LogP contribution in [0.3, 0.4) is 0 Å². The van der Waals surface area contributed by atoms with E-state index >= 15 is 0 Å².